The van der Waals surface area contributed by atoms with Gasteiger partial charge in [-0.1, -0.05) is 12.8 Å². The lowest BCUT2D eigenvalue weighted by Gasteiger charge is -2.43. The van der Waals surface area contributed by atoms with Gasteiger partial charge in [0.05, 0.1) is 26.0 Å². The average molecular weight is 601 g/mol. The number of benzene rings is 1. The van der Waals surface area contributed by atoms with E-state index < -0.39 is 23.7 Å². The average Bonchev–Trinajstić information content (AvgIpc) is 2.98. The number of fused-ring (bicyclic) bond motifs is 1. The molecule has 2 N–H and O–H groups in total. The lowest BCUT2D eigenvalue weighted by atomic mass is 9.73. The normalized spacial score (nSPS) is 21.8. The predicted octanol–water partition coefficient (Wildman–Crippen LogP) is 3.81. The van der Waals surface area contributed by atoms with Crippen molar-refractivity contribution in [1.29, 1.82) is 0 Å². The Morgan fingerprint density at radius 2 is 1.67 bits per heavy atom. The maximum atomic E-state index is 13.7. The van der Waals surface area contributed by atoms with Crippen LogP contribution in [0.25, 0.3) is 0 Å². The van der Waals surface area contributed by atoms with Crippen molar-refractivity contribution in [3.8, 4) is 11.5 Å². The van der Waals surface area contributed by atoms with Crippen molar-refractivity contribution in [2.24, 2.45) is 16.9 Å². The third kappa shape index (κ3) is 7.77. The minimum absolute atomic E-state index is 0.0321. The van der Waals surface area contributed by atoms with Crippen LogP contribution in [0, 0.1) is 11.8 Å². The van der Waals surface area contributed by atoms with Crippen LogP contribution in [0.15, 0.2) is 23.3 Å². The molecule has 3 aliphatic rings. The SMILES string of the molecule is COc1ccc(C2=NN(C3CCN(C(=O)[C@H](CCC(=O)O)NC(=O)OC(C)(C)C)CC3)C(=O)[C@@H]3CCCC[C@H]23)cc1OC. The van der Waals surface area contributed by atoms with E-state index in [9.17, 15) is 24.3 Å². The third-order valence-electron chi connectivity index (χ3n) is 8.31. The molecule has 43 heavy (non-hydrogen) atoms. The Hall–Kier alpha value is -3.83. The highest BCUT2D eigenvalue weighted by Gasteiger charge is 2.44. The fourth-order valence-corrected chi connectivity index (χ4v) is 6.22. The van der Waals surface area contributed by atoms with Crippen LogP contribution in [-0.2, 0) is 19.1 Å². The summed E-state index contributed by atoms with van der Waals surface area (Å²) in [5.74, 6) is -0.283. The smallest absolute Gasteiger partial charge is 0.408 e. The predicted molar refractivity (Wildman–Crippen MR) is 158 cm³/mol. The van der Waals surface area contributed by atoms with Crippen molar-refractivity contribution in [3.05, 3.63) is 23.8 Å². The molecule has 1 aromatic rings. The zero-order valence-corrected chi connectivity index (χ0v) is 25.8. The molecule has 2 heterocycles. The van der Waals surface area contributed by atoms with Gasteiger partial charge in [-0.05, 0) is 71.1 Å². The van der Waals surface area contributed by atoms with Gasteiger partial charge in [-0.25, -0.2) is 9.80 Å². The summed E-state index contributed by atoms with van der Waals surface area (Å²) in [6.45, 7) is 5.83. The van der Waals surface area contributed by atoms with E-state index in [2.05, 4.69) is 5.32 Å². The fraction of sp³-hybridized carbons (Fsp3) is 0.645. The van der Waals surface area contributed by atoms with Crippen LogP contribution in [-0.4, -0.2) is 89.6 Å². The summed E-state index contributed by atoms with van der Waals surface area (Å²) in [6, 6.07) is 4.50. The van der Waals surface area contributed by atoms with Gasteiger partial charge >= 0.3 is 12.1 Å². The Morgan fingerprint density at radius 1 is 1.02 bits per heavy atom. The Morgan fingerprint density at radius 3 is 2.28 bits per heavy atom. The monoisotopic (exact) mass is 600 g/mol. The number of carbonyl (C=O) groups excluding carboxylic acids is 3. The van der Waals surface area contributed by atoms with E-state index >= 15 is 0 Å². The van der Waals surface area contributed by atoms with Crippen LogP contribution in [0.5, 0.6) is 11.5 Å². The van der Waals surface area contributed by atoms with E-state index in [1.54, 1.807) is 44.9 Å². The first-order chi connectivity index (χ1) is 20.4. The van der Waals surface area contributed by atoms with Gasteiger partial charge in [-0.3, -0.25) is 14.4 Å². The Labute approximate surface area is 252 Å². The van der Waals surface area contributed by atoms with Crippen LogP contribution in [0.2, 0.25) is 0 Å². The Balaban J connectivity index is 1.50. The molecule has 0 aromatic heterocycles. The molecule has 0 bridgehead atoms. The molecule has 1 aliphatic carbocycles. The van der Waals surface area contributed by atoms with Crippen LogP contribution < -0.4 is 14.8 Å². The molecule has 3 amide bonds. The van der Waals surface area contributed by atoms with Gasteiger partial charge in [0.2, 0.25) is 11.8 Å². The highest BCUT2D eigenvalue weighted by molar-refractivity contribution is 6.07. The van der Waals surface area contributed by atoms with Crippen molar-refractivity contribution < 1.29 is 38.5 Å². The molecular weight excluding hydrogens is 556 g/mol. The summed E-state index contributed by atoms with van der Waals surface area (Å²) < 4.78 is 16.2. The number of alkyl carbamates (subject to hydrolysis) is 1. The van der Waals surface area contributed by atoms with Gasteiger partial charge in [0.15, 0.2) is 11.5 Å². The van der Waals surface area contributed by atoms with E-state index in [-0.39, 0.29) is 42.5 Å². The zero-order chi connectivity index (χ0) is 31.3. The maximum Gasteiger partial charge on any atom is 0.408 e. The number of carboxylic acid groups (broad SMARTS) is 1. The minimum Gasteiger partial charge on any atom is -0.493 e. The number of methoxy groups -OCH3 is 2. The van der Waals surface area contributed by atoms with Gasteiger partial charge in [-0.15, -0.1) is 0 Å². The van der Waals surface area contributed by atoms with Crippen molar-refractivity contribution >= 4 is 29.6 Å². The largest absolute Gasteiger partial charge is 0.493 e. The van der Waals surface area contributed by atoms with Gasteiger partial charge in [0.1, 0.15) is 11.6 Å². The van der Waals surface area contributed by atoms with E-state index in [4.69, 9.17) is 19.3 Å². The van der Waals surface area contributed by atoms with Gasteiger partial charge in [-0.2, -0.15) is 5.10 Å². The van der Waals surface area contributed by atoms with Crippen molar-refractivity contribution in [3.63, 3.8) is 0 Å². The standard InChI is InChI=1S/C31H44N4O8/c1-31(2,3)43-30(40)32-23(11-13-26(36)37)29(39)34-16-14-20(15-17-34)35-28(38)22-9-7-6-8-21(22)27(33-35)19-10-12-24(41-4)25(18-19)42-5/h10,12,18,20-23H,6-9,11,13-17H2,1-5H3,(H,32,40)(H,36,37)/t21-,22+,23-/m0/s1. The summed E-state index contributed by atoms with van der Waals surface area (Å²) in [5.41, 5.74) is 1.01. The van der Waals surface area contributed by atoms with Crippen molar-refractivity contribution in [2.75, 3.05) is 27.3 Å². The number of likely N-dealkylation sites (tertiary alicyclic amines) is 1. The number of hydrogen-bond acceptors (Lipinski definition) is 8. The van der Waals surface area contributed by atoms with E-state index in [1.165, 1.54) is 0 Å². The number of ether oxygens (including phenoxy) is 3. The molecule has 2 fully saturated rings. The molecule has 0 unspecified atom stereocenters. The number of rotatable bonds is 9. The molecule has 0 spiro atoms. The van der Waals surface area contributed by atoms with Gasteiger partial charge in [0.25, 0.3) is 0 Å². The van der Waals surface area contributed by atoms with Crippen LogP contribution in [0.4, 0.5) is 4.79 Å². The summed E-state index contributed by atoms with van der Waals surface area (Å²) in [6.07, 6.45) is 3.66. The molecular formula is C31H44N4O8. The highest BCUT2D eigenvalue weighted by Crippen LogP contribution is 2.40. The number of aliphatic carboxylic acids is 1. The minimum atomic E-state index is -1.06. The summed E-state index contributed by atoms with van der Waals surface area (Å²) in [4.78, 5) is 52.4. The number of carbonyl (C=O) groups is 4. The number of nitrogens with zero attached hydrogens (tertiary/aromatic N) is 3. The Bertz CT molecular complexity index is 1230. The number of piperidine rings is 1. The van der Waals surface area contributed by atoms with E-state index in [0.29, 0.717) is 37.4 Å². The quantitative estimate of drug-likeness (QED) is 0.435. The van der Waals surface area contributed by atoms with Gasteiger partial charge < -0.3 is 29.5 Å². The highest BCUT2D eigenvalue weighted by atomic mass is 16.6. The number of amides is 3. The molecule has 3 atom stereocenters. The zero-order valence-electron chi connectivity index (χ0n) is 25.8. The number of carboxylic acids is 1. The van der Waals surface area contributed by atoms with E-state index in [0.717, 1.165) is 37.0 Å². The first-order valence-electron chi connectivity index (χ1n) is 15.1. The molecule has 1 saturated heterocycles. The van der Waals surface area contributed by atoms with Crippen LogP contribution in [0.1, 0.15) is 77.7 Å². The number of hydrogen-bond donors (Lipinski definition) is 2. The molecule has 1 aromatic carbocycles. The fourth-order valence-electron chi connectivity index (χ4n) is 6.22. The summed E-state index contributed by atoms with van der Waals surface area (Å²) >= 11 is 0. The van der Waals surface area contributed by atoms with E-state index in [1.807, 2.05) is 18.2 Å². The first-order valence-corrected chi connectivity index (χ1v) is 15.1. The lowest BCUT2D eigenvalue weighted by molar-refractivity contribution is -0.143. The molecule has 1 saturated carbocycles. The third-order valence-corrected chi connectivity index (χ3v) is 8.31. The van der Waals surface area contributed by atoms with Crippen LogP contribution >= 0.6 is 0 Å². The first kappa shape index (κ1) is 32.1. The maximum absolute atomic E-state index is 13.7. The second-order valence-corrected chi connectivity index (χ2v) is 12.4. The second-order valence-electron chi connectivity index (χ2n) is 12.4. The van der Waals surface area contributed by atoms with Crippen molar-refractivity contribution in [2.45, 2.75) is 89.8 Å². The summed E-state index contributed by atoms with van der Waals surface area (Å²) in [5, 5.41) is 18.3. The molecule has 2 aliphatic heterocycles. The van der Waals surface area contributed by atoms with Crippen molar-refractivity contribution in [1.82, 2.24) is 15.2 Å². The number of nitrogens with one attached hydrogen (secondary N) is 1. The van der Waals surface area contributed by atoms with Crippen LogP contribution in [0.3, 0.4) is 0 Å². The molecule has 0 radical (unpaired) electrons. The molecule has 4 rings (SSSR count). The lowest BCUT2D eigenvalue weighted by Crippen LogP contribution is -2.55. The molecule has 12 nitrogen and oxygen atoms in total. The topological polar surface area (TPSA) is 147 Å². The summed E-state index contributed by atoms with van der Waals surface area (Å²) in [7, 11) is 3.18. The molecule has 236 valence electrons. The van der Waals surface area contributed by atoms with Gasteiger partial charge in [0, 0.05) is 36.9 Å². The second kappa shape index (κ2) is 13.6. The molecule has 12 heteroatoms. The number of hydrazone groups is 1. The Kier molecular flexibility index (Phi) is 10.2.